The Morgan fingerprint density at radius 1 is 1.04 bits per heavy atom. The SMILES string of the molecule is CCc1ccc(C(=O)NCCCCN2CCN(c3ccccc3)CC2)o1. The molecule has 1 aromatic heterocycles. The highest BCUT2D eigenvalue weighted by Gasteiger charge is 2.16. The van der Waals surface area contributed by atoms with E-state index in [9.17, 15) is 4.79 Å². The van der Waals surface area contributed by atoms with Crippen molar-refractivity contribution in [1.82, 2.24) is 10.2 Å². The molecule has 0 spiro atoms. The zero-order valence-electron chi connectivity index (χ0n) is 15.6. The molecule has 1 aliphatic rings. The lowest BCUT2D eigenvalue weighted by Crippen LogP contribution is -2.46. The Kier molecular flexibility index (Phi) is 6.72. The summed E-state index contributed by atoms with van der Waals surface area (Å²) in [5, 5.41) is 2.94. The molecule has 0 unspecified atom stereocenters. The molecule has 5 heteroatoms. The number of amides is 1. The molecule has 1 amide bonds. The smallest absolute Gasteiger partial charge is 0.286 e. The van der Waals surface area contributed by atoms with Crippen LogP contribution in [-0.4, -0.2) is 50.1 Å². The standard InChI is InChI=1S/C21H29N3O2/c1-2-19-10-11-20(26-19)21(25)22-12-6-7-13-23-14-16-24(17-15-23)18-8-4-3-5-9-18/h3-5,8-11H,2,6-7,12-17H2,1H3,(H,22,25). The summed E-state index contributed by atoms with van der Waals surface area (Å²) in [7, 11) is 0. The Labute approximate surface area is 156 Å². The van der Waals surface area contributed by atoms with Crippen LogP contribution < -0.4 is 10.2 Å². The van der Waals surface area contributed by atoms with Crippen molar-refractivity contribution < 1.29 is 9.21 Å². The number of rotatable bonds is 8. The maximum absolute atomic E-state index is 12.0. The quantitative estimate of drug-likeness (QED) is 0.739. The zero-order valence-corrected chi connectivity index (χ0v) is 15.6. The van der Waals surface area contributed by atoms with Gasteiger partial charge in [-0.3, -0.25) is 9.69 Å². The van der Waals surface area contributed by atoms with Crippen molar-refractivity contribution in [3.05, 3.63) is 54.0 Å². The number of piperazine rings is 1. The number of carbonyl (C=O) groups excluding carboxylic acids is 1. The monoisotopic (exact) mass is 355 g/mol. The second-order valence-corrected chi connectivity index (χ2v) is 6.75. The molecule has 3 rings (SSSR count). The number of unbranched alkanes of at least 4 members (excludes halogenated alkanes) is 1. The summed E-state index contributed by atoms with van der Waals surface area (Å²) < 4.78 is 5.47. The van der Waals surface area contributed by atoms with Crippen molar-refractivity contribution in [2.24, 2.45) is 0 Å². The molecule has 1 aromatic carbocycles. The first kappa shape index (κ1) is 18.5. The number of carbonyl (C=O) groups is 1. The van der Waals surface area contributed by atoms with E-state index >= 15 is 0 Å². The topological polar surface area (TPSA) is 48.7 Å². The maximum atomic E-state index is 12.0. The molecular weight excluding hydrogens is 326 g/mol. The molecule has 0 saturated carbocycles. The van der Waals surface area contributed by atoms with Crippen LogP contribution in [0, 0.1) is 0 Å². The molecule has 140 valence electrons. The van der Waals surface area contributed by atoms with E-state index in [0.29, 0.717) is 12.3 Å². The van der Waals surface area contributed by atoms with Gasteiger partial charge < -0.3 is 14.6 Å². The largest absolute Gasteiger partial charge is 0.456 e. The summed E-state index contributed by atoms with van der Waals surface area (Å²) in [5.74, 6) is 1.16. The summed E-state index contributed by atoms with van der Waals surface area (Å²) in [5.41, 5.74) is 1.32. The first-order valence-corrected chi connectivity index (χ1v) is 9.65. The van der Waals surface area contributed by atoms with Crippen LogP contribution in [0.2, 0.25) is 0 Å². The summed E-state index contributed by atoms with van der Waals surface area (Å²) in [6.07, 6.45) is 2.90. The summed E-state index contributed by atoms with van der Waals surface area (Å²) in [4.78, 5) is 17.0. The number of anilines is 1. The number of furan rings is 1. The van der Waals surface area contributed by atoms with Crippen LogP contribution in [0.5, 0.6) is 0 Å². The number of hydrogen-bond acceptors (Lipinski definition) is 4. The van der Waals surface area contributed by atoms with Crippen LogP contribution in [0.4, 0.5) is 5.69 Å². The highest BCUT2D eigenvalue weighted by atomic mass is 16.3. The van der Waals surface area contributed by atoms with Gasteiger partial charge in [-0.1, -0.05) is 25.1 Å². The third-order valence-corrected chi connectivity index (χ3v) is 4.91. The Morgan fingerprint density at radius 3 is 2.50 bits per heavy atom. The molecule has 0 bridgehead atoms. The van der Waals surface area contributed by atoms with E-state index in [2.05, 4.69) is 45.4 Å². The minimum absolute atomic E-state index is 0.110. The third kappa shape index (κ3) is 5.11. The Balaban J connectivity index is 1.28. The Bertz CT molecular complexity index is 676. The molecule has 0 radical (unpaired) electrons. The fourth-order valence-corrected chi connectivity index (χ4v) is 3.31. The van der Waals surface area contributed by atoms with E-state index in [1.807, 2.05) is 13.0 Å². The van der Waals surface area contributed by atoms with E-state index in [-0.39, 0.29) is 5.91 Å². The number of nitrogens with zero attached hydrogens (tertiary/aromatic N) is 2. The van der Waals surface area contributed by atoms with Crippen molar-refractivity contribution >= 4 is 11.6 Å². The number of aryl methyl sites for hydroxylation is 1. The molecular formula is C21H29N3O2. The van der Waals surface area contributed by atoms with Gasteiger partial charge in [-0.2, -0.15) is 0 Å². The fraction of sp³-hybridized carbons (Fsp3) is 0.476. The van der Waals surface area contributed by atoms with Crippen LogP contribution >= 0.6 is 0 Å². The van der Waals surface area contributed by atoms with Gasteiger partial charge in [0.25, 0.3) is 5.91 Å². The minimum Gasteiger partial charge on any atom is -0.456 e. The average Bonchev–Trinajstić information content (AvgIpc) is 3.18. The second kappa shape index (κ2) is 9.43. The molecule has 1 N–H and O–H groups in total. The van der Waals surface area contributed by atoms with Gasteiger partial charge in [-0.05, 0) is 43.7 Å². The van der Waals surface area contributed by atoms with E-state index in [0.717, 1.165) is 57.7 Å². The van der Waals surface area contributed by atoms with Crippen molar-refractivity contribution in [3.8, 4) is 0 Å². The molecule has 2 aromatic rings. The molecule has 1 aliphatic heterocycles. The van der Waals surface area contributed by atoms with Gasteiger partial charge in [0, 0.05) is 44.8 Å². The molecule has 0 atom stereocenters. The number of hydrogen-bond donors (Lipinski definition) is 1. The van der Waals surface area contributed by atoms with E-state index in [1.54, 1.807) is 6.07 Å². The van der Waals surface area contributed by atoms with Crippen molar-refractivity contribution in [3.63, 3.8) is 0 Å². The highest BCUT2D eigenvalue weighted by molar-refractivity contribution is 5.91. The molecule has 2 heterocycles. The van der Waals surface area contributed by atoms with Gasteiger partial charge >= 0.3 is 0 Å². The van der Waals surface area contributed by atoms with Crippen LogP contribution in [0.1, 0.15) is 36.1 Å². The fourth-order valence-electron chi connectivity index (χ4n) is 3.31. The van der Waals surface area contributed by atoms with Gasteiger partial charge in [0.1, 0.15) is 5.76 Å². The predicted octanol–water partition coefficient (Wildman–Crippen LogP) is 3.17. The molecule has 26 heavy (non-hydrogen) atoms. The van der Waals surface area contributed by atoms with Gasteiger partial charge in [0.05, 0.1) is 0 Å². The highest BCUT2D eigenvalue weighted by Crippen LogP contribution is 2.15. The van der Waals surface area contributed by atoms with Crippen molar-refractivity contribution in [1.29, 1.82) is 0 Å². The van der Waals surface area contributed by atoms with E-state index in [1.165, 1.54) is 5.69 Å². The first-order chi connectivity index (χ1) is 12.8. The second-order valence-electron chi connectivity index (χ2n) is 6.75. The normalized spacial score (nSPS) is 15.2. The minimum atomic E-state index is -0.110. The number of benzene rings is 1. The molecule has 1 saturated heterocycles. The van der Waals surface area contributed by atoms with E-state index < -0.39 is 0 Å². The van der Waals surface area contributed by atoms with Crippen LogP contribution in [0.15, 0.2) is 46.9 Å². The number of para-hydroxylation sites is 1. The van der Waals surface area contributed by atoms with Gasteiger partial charge in [0.15, 0.2) is 5.76 Å². The lowest BCUT2D eigenvalue weighted by atomic mass is 10.2. The molecule has 1 fully saturated rings. The van der Waals surface area contributed by atoms with Crippen LogP contribution in [0.3, 0.4) is 0 Å². The molecule has 5 nitrogen and oxygen atoms in total. The lowest BCUT2D eigenvalue weighted by Gasteiger charge is -2.36. The maximum Gasteiger partial charge on any atom is 0.286 e. The van der Waals surface area contributed by atoms with Crippen molar-refractivity contribution in [2.75, 3.05) is 44.2 Å². The predicted molar refractivity (Wildman–Crippen MR) is 105 cm³/mol. The Hall–Kier alpha value is -2.27. The summed E-state index contributed by atoms with van der Waals surface area (Å²) in [6.45, 7) is 8.18. The molecule has 0 aliphatic carbocycles. The van der Waals surface area contributed by atoms with Gasteiger partial charge in [-0.15, -0.1) is 0 Å². The third-order valence-electron chi connectivity index (χ3n) is 4.91. The summed E-state index contributed by atoms with van der Waals surface area (Å²) in [6, 6.07) is 14.2. The van der Waals surface area contributed by atoms with Gasteiger partial charge in [0.2, 0.25) is 0 Å². The lowest BCUT2D eigenvalue weighted by molar-refractivity contribution is 0.0923. The van der Waals surface area contributed by atoms with Crippen LogP contribution in [-0.2, 0) is 6.42 Å². The Morgan fingerprint density at radius 2 is 1.81 bits per heavy atom. The van der Waals surface area contributed by atoms with Crippen LogP contribution in [0.25, 0.3) is 0 Å². The first-order valence-electron chi connectivity index (χ1n) is 9.65. The number of nitrogens with one attached hydrogen (secondary N) is 1. The van der Waals surface area contributed by atoms with Gasteiger partial charge in [-0.25, -0.2) is 0 Å². The zero-order chi connectivity index (χ0) is 18.2. The summed E-state index contributed by atoms with van der Waals surface area (Å²) >= 11 is 0. The van der Waals surface area contributed by atoms with E-state index in [4.69, 9.17) is 4.42 Å². The van der Waals surface area contributed by atoms with Crippen molar-refractivity contribution in [2.45, 2.75) is 26.2 Å². The average molecular weight is 355 g/mol.